The number of para-hydroxylation sites is 1. The molecule has 0 aromatic heterocycles. The lowest BCUT2D eigenvalue weighted by Gasteiger charge is -2.14. The highest BCUT2D eigenvalue weighted by molar-refractivity contribution is 9.10. The van der Waals surface area contributed by atoms with Crippen molar-refractivity contribution in [2.45, 2.75) is 26.4 Å². The zero-order valence-corrected chi connectivity index (χ0v) is 15.1. The van der Waals surface area contributed by atoms with E-state index in [4.69, 9.17) is 4.74 Å². The number of rotatable bonds is 6. The largest absolute Gasteiger partial charge is 0.507 e. The normalized spacial score (nSPS) is 12.1. The molecule has 2 aromatic rings. The fourth-order valence-corrected chi connectivity index (χ4v) is 2.27. The second kappa shape index (κ2) is 8.49. The number of phenolic OH excluding ortho intramolecular Hbond substituents is 1. The van der Waals surface area contributed by atoms with E-state index in [-0.39, 0.29) is 17.4 Å². The van der Waals surface area contributed by atoms with Gasteiger partial charge in [-0.1, -0.05) is 35.0 Å². The van der Waals surface area contributed by atoms with E-state index < -0.39 is 5.91 Å². The second-order valence-corrected chi connectivity index (χ2v) is 6.15. The third-order valence-electron chi connectivity index (χ3n) is 3.40. The van der Waals surface area contributed by atoms with E-state index in [1.165, 1.54) is 18.3 Å². The first-order valence-electron chi connectivity index (χ1n) is 7.59. The van der Waals surface area contributed by atoms with Gasteiger partial charge in [0.25, 0.3) is 5.91 Å². The summed E-state index contributed by atoms with van der Waals surface area (Å²) in [6.07, 6.45) is 2.50. The van der Waals surface area contributed by atoms with Crippen LogP contribution in [-0.4, -0.2) is 23.3 Å². The summed E-state index contributed by atoms with van der Waals surface area (Å²) in [6, 6.07) is 12.1. The van der Waals surface area contributed by atoms with Crippen LogP contribution in [0.1, 0.15) is 36.2 Å². The lowest BCUT2D eigenvalue weighted by Crippen LogP contribution is -2.18. The number of benzene rings is 2. The molecule has 0 fully saturated rings. The quantitative estimate of drug-likeness (QED) is 0.576. The van der Waals surface area contributed by atoms with Gasteiger partial charge in [0, 0.05) is 10.0 Å². The van der Waals surface area contributed by atoms with E-state index in [0.717, 1.165) is 12.0 Å². The van der Waals surface area contributed by atoms with Gasteiger partial charge in [-0.3, -0.25) is 4.79 Å². The molecule has 6 heteroatoms. The van der Waals surface area contributed by atoms with Crippen LogP contribution in [-0.2, 0) is 0 Å². The van der Waals surface area contributed by atoms with Gasteiger partial charge in [-0.2, -0.15) is 5.10 Å². The van der Waals surface area contributed by atoms with Crippen molar-refractivity contribution >= 4 is 28.1 Å². The topological polar surface area (TPSA) is 70.9 Å². The zero-order valence-electron chi connectivity index (χ0n) is 13.5. The molecule has 5 nitrogen and oxygen atoms in total. The van der Waals surface area contributed by atoms with Crippen molar-refractivity contribution in [1.82, 2.24) is 5.43 Å². The Hall–Kier alpha value is -2.34. The van der Waals surface area contributed by atoms with Crippen molar-refractivity contribution < 1.29 is 14.6 Å². The molecule has 0 unspecified atom stereocenters. The molecular formula is C18H19BrN2O3. The summed E-state index contributed by atoms with van der Waals surface area (Å²) in [4.78, 5) is 12.1. The number of nitrogens with one attached hydrogen (secondary N) is 1. The minimum atomic E-state index is -0.495. The Bertz CT molecular complexity index is 747. The molecule has 2 rings (SSSR count). The predicted octanol–water partition coefficient (Wildman–Crippen LogP) is 4.10. The number of carbonyl (C=O) groups excluding carboxylic acids is 1. The number of amides is 1. The third-order valence-corrected chi connectivity index (χ3v) is 3.89. The molecular weight excluding hydrogens is 372 g/mol. The van der Waals surface area contributed by atoms with Gasteiger partial charge in [0.05, 0.1) is 17.9 Å². The molecule has 0 radical (unpaired) electrons. The highest BCUT2D eigenvalue weighted by Gasteiger charge is 2.11. The number of halogens is 1. The molecule has 2 N–H and O–H groups in total. The molecule has 126 valence electrons. The summed E-state index contributed by atoms with van der Waals surface area (Å²) in [5, 5.41) is 13.7. The number of nitrogens with zero attached hydrogens (tertiary/aromatic N) is 1. The van der Waals surface area contributed by atoms with E-state index in [1.807, 2.05) is 38.1 Å². The van der Waals surface area contributed by atoms with Crippen LogP contribution in [0, 0.1) is 0 Å². The average molecular weight is 391 g/mol. The van der Waals surface area contributed by atoms with E-state index in [0.29, 0.717) is 10.2 Å². The number of aromatic hydroxyl groups is 1. The lowest BCUT2D eigenvalue weighted by molar-refractivity contribution is 0.0952. The Morgan fingerprint density at radius 3 is 2.88 bits per heavy atom. The summed E-state index contributed by atoms with van der Waals surface area (Å²) >= 11 is 3.26. The number of phenols is 1. The smallest absolute Gasteiger partial charge is 0.275 e. The van der Waals surface area contributed by atoms with Gasteiger partial charge in [-0.15, -0.1) is 0 Å². The van der Waals surface area contributed by atoms with E-state index >= 15 is 0 Å². The highest BCUT2D eigenvalue weighted by atomic mass is 79.9. The maximum Gasteiger partial charge on any atom is 0.275 e. The molecule has 0 aliphatic heterocycles. The molecule has 0 saturated carbocycles. The summed E-state index contributed by atoms with van der Waals surface area (Å²) in [5.41, 5.74) is 3.31. The monoisotopic (exact) mass is 390 g/mol. The second-order valence-electron chi connectivity index (χ2n) is 5.24. The minimum absolute atomic E-state index is 0.0905. The van der Waals surface area contributed by atoms with Gasteiger partial charge in [0.15, 0.2) is 0 Å². The van der Waals surface area contributed by atoms with Gasteiger partial charge in [-0.25, -0.2) is 5.43 Å². The highest BCUT2D eigenvalue weighted by Crippen LogP contribution is 2.22. The van der Waals surface area contributed by atoms with Gasteiger partial charge in [0.2, 0.25) is 0 Å². The van der Waals surface area contributed by atoms with Crippen molar-refractivity contribution in [1.29, 1.82) is 0 Å². The molecule has 0 aliphatic rings. The predicted molar refractivity (Wildman–Crippen MR) is 97.7 cm³/mol. The molecule has 2 aromatic carbocycles. The van der Waals surface area contributed by atoms with Gasteiger partial charge in [0.1, 0.15) is 11.5 Å². The molecule has 1 amide bonds. The number of carbonyl (C=O) groups is 1. The Morgan fingerprint density at radius 2 is 2.12 bits per heavy atom. The minimum Gasteiger partial charge on any atom is -0.507 e. The first kappa shape index (κ1) is 18.0. The number of hydrogen-bond donors (Lipinski definition) is 2. The fourth-order valence-electron chi connectivity index (χ4n) is 1.91. The molecule has 0 bridgehead atoms. The number of ether oxygens (including phenoxy) is 1. The molecule has 24 heavy (non-hydrogen) atoms. The Morgan fingerprint density at radius 1 is 1.38 bits per heavy atom. The van der Waals surface area contributed by atoms with Crippen LogP contribution in [0.25, 0.3) is 0 Å². The van der Waals surface area contributed by atoms with Crippen LogP contribution in [0.4, 0.5) is 0 Å². The summed E-state index contributed by atoms with van der Waals surface area (Å²) in [6.45, 7) is 4.04. The van der Waals surface area contributed by atoms with Crippen molar-refractivity contribution in [2.24, 2.45) is 5.10 Å². The van der Waals surface area contributed by atoms with Crippen molar-refractivity contribution in [3.63, 3.8) is 0 Å². The lowest BCUT2D eigenvalue weighted by atomic mass is 10.2. The number of hydrazone groups is 1. The molecule has 0 spiro atoms. The maximum atomic E-state index is 12.1. The molecule has 1 atom stereocenters. The van der Waals surface area contributed by atoms with E-state index in [9.17, 15) is 9.90 Å². The molecule has 0 aliphatic carbocycles. The van der Waals surface area contributed by atoms with Crippen LogP contribution < -0.4 is 10.2 Å². The Labute approximate surface area is 149 Å². The third kappa shape index (κ3) is 4.83. The fraction of sp³-hybridized carbons (Fsp3) is 0.222. The molecule has 0 saturated heterocycles. The first-order chi connectivity index (χ1) is 11.5. The van der Waals surface area contributed by atoms with Crippen molar-refractivity contribution in [2.75, 3.05) is 0 Å². The average Bonchev–Trinajstić information content (AvgIpc) is 2.58. The van der Waals surface area contributed by atoms with Gasteiger partial charge in [-0.05, 0) is 43.7 Å². The van der Waals surface area contributed by atoms with Gasteiger partial charge < -0.3 is 9.84 Å². The van der Waals surface area contributed by atoms with Crippen LogP contribution in [0.5, 0.6) is 11.5 Å². The molecule has 0 heterocycles. The van der Waals surface area contributed by atoms with Crippen LogP contribution in [0.2, 0.25) is 0 Å². The Balaban J connectivity index is 2.09. The van der Waals surface area contributed by atoms with Crippen LogP contribution >= 0.6 is 15.9 Å². The van der Waals surface area contributed by atoms with Crippen molar-refractivity contribution in [3.05, 3.63) is 58.1 Å². The summed E-state index contributed by atoms with van der Waals surface area (Å²) in [7, 11) is 0. The maximum absolute atomic E-state index is 12.1. The van der Waals surface area contributed by atoms with E-state index in [1.54, 1.807) is 6.07 Å². The van der Waals surface area contributed by atoms with Gasteiger partial charge >= 0.3 is 0 Å². The van der Waals surface area contributed by atoms with Crippen LogP contribution in [0.15, 0.2) is 52.0 Å². The van der Waals surface area contributed by atoms with Crippen molar-refractivity contribution in [3.8, 4) is 11.5 Å². The van der Waals surface area contributed by atoms with Crippen LogP contribution in [0.3, 0.4) is 0 Å². The summed E-state index contributed by atoms with van der Waals surface area (Å²) in [5.74, 6) is 0.104. The standard InChI is InChI=1S/C18H19BrN2O3/c1-3-12(2)24-17-7-5-4-6-13(17)11-20-21-18(23)15-10-14(19)8-9-16(15)22/h4-12,22H,3H2,1-2H3,(H,21,23)/b20-11+/t12-/m0/s1. The van der Waals surface area contributed by atoms with E-state index in [2.05, 4.69) is 26.5 Å². The zero-order chi connectivity index (χ0) is 17.5. The SMILES string of the molecule is CC[C@H](C)Oc1ccccc1/C=N/NC(=O)c1cc(Br)ccc1O. The number of hydrogen-bond acceptors (Lipinski definition) is 4. The Kier molecular flexibility index (Phi) is 6.37. The first-order valence-corrected chi connectivity index (χ1v) is 8.38. The summed E-state index contributed by atoms with van der Waals surface area (Å²) < 4.78 is 6.52.